The summed E-state index contributed by atoms with van der Waals surface area (Å²) < 4.78 is 0. The Labute approximate surface area is 241 Å². The molecule has 13 nitrogen and oxygen atoms in total. The van der Waals surface area contributed by atoms with Gasteiger partial charge in [0.15, 0.2) is 11.9 Å². The van der Waals surface area contributed by atoms with Crippen molar-refractivity contribution in [3.8, 4) is 0 Å². The number of hydrogen-bond acceptors (Lipinski definition) is 11. The van der Waals surface area contributed by atoms with Gasteiger partial charge >= 0.3 is 5.97 Å². The second kappa shape index (κ2) is 11.5. The number of nitrogens with zero attached hydrogens (tertiary/aromatic N) is 3. The molecule has 2 aliphatic heterocycles. The van der Waals surface area contributed by atoms with Crippen LogP contribution in [0.4, 0.5) is 5.82 Å². The summed E-state index contributed by atoms with van der Waals surface area (Å²) in [6, 6.07) is 5.32. The van der Waals surface area contributed by atoms with E-state index < -0.39 is 41.1 Å². The summed E-state index contributed by atoms with van der Waals surface area (Å²) in [5.41, 5.74) is 7.66. The molecular formula is C26H24N6O7S2. The van der Waals surface area contributed by atoms with E-state index in [2.05, 4.69) is 20.4 Å². The third-order valence-electron chi connectivity index (χ3n) is 6.59. The molecule has 0 aliphatic carbocycles. The number of thioether (sulfide) groups is 1. The van der Waals surface area contributed by atoms with Crippen molar-refractivity contribution in [3.05, 3.63) is 63.7 Å². The molecule has 3 aromatic heterocycles. The number of amides is 2. The van der Waals surface area contributed by atoms with Gasteiger partial charge in [0.1, 0.15) is 29.5 Å². The first kappa shape index (κ1) is 28.0. The number of β-lactam (4-membered cyclic amide) rings is 1. The van der Waals surface area contributed by atoms with E-state index in [0.29, 0.717) is 17.7 Å². The normalized spacial score (nSPS) is 19.4. The van der Waals surface area contributed by atoms with Gasteiger partial charge in [-0.25, -0.2) is 9.97 Å². The number of anilines is 1. The maximum atomic E-state index is 13.3. The van der Waals surface area contributed by atoms with Crippen LogP contribution < -0.4 is 21.1 Å². The Morgan fingerprint density at radius 2 is 2.15 bits per heavy atom. The van der Waals surface area contributed by atoms with Crippen molar-refractivity contribution < 1.29 is 39.2 Å². The topological polar surface area (TPSA) is 201 Å². The number of pyridine rings is 2. The van der Waals surface area contributed by atoms with E-state index in [1.54, 1.807) is 12.3 Å². The highest BCUT2D eigenvalue weighted by molar-refractivity contribution is 8.00. The Hall–Kier alpha value is -4.50. The Morgan fingerprint density at radius 1 is 1.34 bits per heavy atom. The molecule has 0 aromatic carbocycles. The molecule has 0 spiro atoms. The van der Waals surface area contributed by atoms with Gasteiger partial charge in [-0.05, 0) is 36.6 Å². The van der Waals surface area contributed by atoms with Crippen LogP contribution in [0.25, 0.3) is 10.9 Å². The van der Waals surface area contributed by atoms with Crippen LogP contribution in [0.3, 0.4) is 0 Å². The first-order chi connectivity index (χ1) is 19.7. The van der Waals surface area contributed by atoms with Crippen LogP contribution in [-0.4, -0.2) is 68.2 Å². The molecule has 0 bridgehead atoms. The monoisotopic (exact) mass is 596 g/mol. The van der Waals surface area contributed by atoms with Gasteiger partial charge in [-0.3, -0.25) is 19.3 Å². The lowest BCUT2D eigenvalue weighted by Crippen LogP contribution is -2.71. The zero-order valence-electron chi connectivity index (χ0n) is 21.5. The lowest BCUT2D eigenvalue weighted by Gasteiger charge is -2.50. The Morgan fingerprint density at radius 3 is 2.88 bits per heavy atom. The van der Waals surface area contributed by atoms with Crippen molar-refractivity contribution in [2.45, 2.75) is 24.8 Å². The van der Waals surface area contributed by atoms with E-state index in [4.69, 9.17) is 15.7 Å². The third kappa shape index (κ3) is 5.58. The molecule has 0 radical (unpaired) electrons. The zero-order valence-corrected chi connectivity index (χ0v) is 23.2. The number of nitrogen functional groups attached to an aromatic ring is 1. The second-order valence-corrected chi connectivity index (χ2v) is 11.3. The minimum absolute atomic E-state index is 0.0443. The second-order valence-electron chi connectivity index (χ2n) is 9.40. The van der Waals surface area contributed by atoms with Gasteiger partial charge in [0.2, 0.25) is 5.52 Å². The molecule has 41 heavy (non-hydrogen) atoms. The molecule has 2 aliphatic rings. The number of carboxylic acids is 2. The average molecular weight is 597 g/mol. The number of H-pyrrole nitrogens is 1. The Bertz CT molecular complexity index is 1620. The molecule has 3 aromatic rings. The summed E-state index contributed by atoms with van der Waals surface area (Å²) in [5, 5.41) is 31.9. The number of aromatic nitrogens is 2. The molecule has 15 heteroatoms. The van der Waals surface area contributed by atoms with Crippen molar-refractivity contribution in [1.82, 2.24) is 15.2 Å². The molecule has 1 fully saturated rings. The van der Waals surface area contributed by atoms with Crippen LogP contribution in [0.2, 0.25) is 0 Å². The molecule has 2 unspecified atom stereocenters. The van der Waals surface area contributed by atoms with Crippen LogP contribution in [0.15, 0.2) is 57.6 Å². The fourth-order valence-electron chi connectivity index (χ4n) is 4.45. The summed E-state index contributed by atoms with van der Waals surface area (Å²) in [6.07, 6.45) is 2.10. The van der Waals surface area contributed by atoms with E-state index in [-0.39, 0.29) is 29.5 Å². The van der Waals surface area contributed by atoms with Crippen molar-refractivity contribution in [1.29, 1.82) is 0 Å². The third-order valence-corrected chi connectivity index (χ3v) is 8.68. The summed E-state index contributed by atoms with van der Waals surface area (Å²) in [6.45, 7) is 1.09. The van der Waals surface area contributed by atoms with Gasteiger partial charge in [0.25, 0.3) is 11.8 Å². The summed E-state index contributed by atoms with van der Waals surface area (Å²) in [7, 11) is 0. The van der Waals surface area contributed by atoms with Crippen molar-refractivity contribution in [3.63, 3.8) is 0 Å². The molecule has 1 saturated heterocycles. The average Bonchev–Trinajstić information content (AvgIpc) is 3.43. The smallest absolute Gasteiger partial charge is 0.309 e. The highest BCUT2D eigenvalue weighted by atomic mass is 32.2. The minimum Gasteiger partial charge on any atom is -0.543 e. The number of aromatic amines is 1. The first-order valence-electron chi connectivity index (χ1n) is 12.4. The number of hydrogen-bond donors (Lipinski definition) is 3. The number of carbonyl (C=O) groups is 4. The number of fused-ring (bicyclic) bond motifs is 2. The minimum atomic E-state index is -1.47. The standard InChI is InChI=1S/C26H24N6O7S2/c1-12(25(35)36)8-39-31-19(16-3-2-4-18(27)29-16)22(33)30-20-23(34)32-21(26(37)38)14(9-41-24(20)32)7-13-5-6-28-17-11-40-10-15(13)17/h2-6,10-12,20,24H,7-9H2,1H3,(H2,27,29)(H,30,33)(H,35,36)(H,37,38)/t12?,20?,24-/m1/s1. The zero-order chi connectivity index (χ0) is 29.3. The molecule has 2 amide bonds. The van der Waals surface area contributed by atoms with Gasteiger partial charge in [-0.2, -0.15) is 0 Å². The van der Waals surface area contributed by atoms with Gasteiger partial charge in [0.05, 0.1) is 28.4 Å². The first-order valence-corrected chi connectivity index (χ1v) is 14.3. The van der Waals surface area contributed by atoms with Gasteiger partial charge in [-0.1, -0.05) is 11.2 Å². The van der Waals surface area contributed by atoms with Crippen molar-refractivity contribution in [2.75, 3.05) is 18.1 Å². The van der Waals surface area contributed by atoms with Crippen LogP contribution >= 0.6 is 23.1 Å². The SMILES string of the molecule is CC(CON=C(C(=O)NC1C(=O)N2C(C(=O)[O-])=C(Cc3cc[nH+]c4cscc34)CS[C@H]12)c1cccc(N)n1)C(=O)O. The van der Waals surface area contributed by atoms with Crippen molar-refractivity contribution >= 4 is 69.3 Å². The summed E-state index contributed by atoms with van der Waals surface area (Å²) >= 11 is 2.84. The fourth-order valence-corrected chi connectivity index (χ4v) is 6.61. The number of rotatable bonds is 10. The van der Waals surface area contributed by atoms with E-state index >= 15 is 0 Å². The van der Waals surface area contributed by atoms with E-state index in [1.807, 2.05) is 16.8 Å². The predicted octanol–water partition coefficient (Wildman–Crippen LogP) is -0.219. The highest BCUT2D eigenvalue weighted by Crippen LogP contribution is 2.41. The fraction of sp³-hybridized carbons (Fsp3) is 0.269. The van der Waals surface area contributed by atoms with E-state index in [0.717, 1.165) is 21.4 Å². The van der Waals surface area contributed by atoms with Crippen LogP contribution in [0, 0.1) is 5.92 Å². The molecule has 212 valence electrons. The number of thiophene rings is 1. The Balaban J connectivity index is 1.36. The number of nitrogens with one attached hydrogen (secondary N) is 2. The number of nitrogens with two attached hydrogens (primary N) is 1. The van der Waals surface area contributed by atoms with Gasteiger partial charge in [0, 0.05) is 17.2 Å². The van der Waals surface area contributed by atoms with E-state index in [9.17, 15) is 24.3 Å². The number of carbonyl (C=O) groups excluding carboxylic acids is 3. The van der Waals surface area contributed by atoms with Crippen LogP contribution in [0.1, 0.15) is 18.2 Å². The van der Waals surface area contributed by atoms with Crippen LogP contribution in [-0.2, 0) is 30.4 Å². The Kier molecular flexibility index (Phi) is 7.90. The van der Waals surface area contributed by atoms with Gasteiger partial charge < -0.3 is 30.9 Å². The predicted molar refractivity (Wildman–Crippen MR) is 147 cm³/mol. The molecular weight excluding hydrogens is 572 g/mol. The summed E-state index contributed by atoms with van der Waals surface area (Å²) in [5.74, 6) is -4.51. The maximum absolute atomic E-state index is 13.3. The van der Waals surface area contributed by atoms with Crippen molar-refractivity contribution in [2.24, 2.45) is 11.1 Å². The number of oxime groups is 1. The quantitative estimate of drug-likeness (QED) is 0.160. The molecule has 5 rings (SSSR count). The lowest BCUT2D eigenvalue weighted by molar-refractivity contribution is -0.344. The highest BCUT2D eigenvalue weighted by Gasteiger charge is 2.53. The number of aliphatic carboxylic acids is 2. The molecule has 5 N–H and O–H groups in total. The van der Waals surface area contributed by atoms with Crippen LogP contribution in [0.5, 0.6) is 0 Å². The molecule has 0 saturated carbocycles. The largest absolute Gasteiger partial charge is 0.543 e. The lowest BCUT2D eigenvalue weighted by atomic mass is 9.98. The molecule has 3 atom stereocenters. The molecule has 5 heterocycles. The van der Waals surface area contributed by atoms with E-state index in [1.165, 1.54) is 42.2 Å². The number of carboxylic acid groups (broad SMARTS) is 2. The summed E-state index contributed by atoms with van der Waals surface area (Å²) in [4.78, 5) is 63.3. The maximum Gasteiger partial charge on any atom is 0.309 e. The van der Waals surface area contributed by atoms with Gasteiger partial charge in [-0.15, -0.1) is 23.1 Å².